The Kier molecular flexibility index (Phi) is 6.93. The fourth-order valence-electron chi connectivity index (χ4n) is 4.43. The summed E-state index contributed by atoms with van der Waals surface area (Å²) in [6.45, 7) is 5.39. The number of likely N-dealkylation sites (tertiary alicyclic amines) is 1. The maximum Gasteiger partial charge on any atom is 0.433 e. The lowest BCUT2D eigenvalue weighted by molar-refractivity contribution is -0.140. The number of alkyl halides is 3. The SMILES string of the molecule is CCCN(C(=O)c1sc2nc(C(F)(F)F)ccc2c1C)C1CCN(C(=O)c2ccccc2)CC1. The van der Waals surface area contributed by atoms with Crippen LogP contribution in [0.15, 0.2) is 42.5 Å². The first-order chi connectivity index (χ1) is 16.2. The van der Waals surface area contributed by atoms with Gasteiger partial charge in [0, 0.05) is 36.6 Å². The smallest absolute Gasteiger partial charge is 0.338 e. The Balaban J connectivity index is 1.52. The summed E-state index contributed by atoms with van der Waals surface area (Å²) in [6, 6.07) is 11.4. The lowest BCUT2D eigenvalue weighted by Crippen LogP contribution is -2.49. The Morgan fingerprint density at radius 1 is 1.12 bits per heavy atom. The molecule has 4 rings (SSSR count). The summed E-state index contributed by atoms with van der Waals surface area (Å²) >= 11 is 1.02. The summed E-state index contributed by atoms with van der Waals surface area (Å²) in [5.74, 6) is -0.192. The first-order valence-corrected chi connectivity index (χ1v) is 12.1. The van der Waals surface area contributed by atoms with Crippen LogP contribution < -0.4 is 0 Å². The molecule has 0 radical (unpaired) electrons. The van der Waals surface area contributed by atoms with E-state index in [4.69, 9.17) is 0 Å². The third kappa shape index (κ3) is 4.80. The van der Waals surface area contributed by atoms with Crippen LogP contribution in [0.25, 0.3) is 10.2 Å². The zero-order valence-corrected chi connectivity index (χ0v) is 19.9. The van der Waals surface area contributed by atoms with Gasteiger partial charge >= 0.3 is 6.18 Å². The molecule has 3 heterocycles. The summed E-state index contributed by atoms with van der Waals surface area (Å²) in [5.41, 5.74) is 0.346. The van der Waals surface area contributed by atoms with Crippen LogP contribution in [0, 0.1) is 6.92 Å². The monoisotopic (exact) mass is 489 g/mol. The van der Waals surface area contributed by atoms with Gasteiger partial charge in [0.15, 0.2) is 0 Å². The summed E-state index contributed by atoms with van der Waals surface area (Å²) in [7, 11) is 0. The van der Waals surface area contributed by atoms with Crippen molar-refractivity contribution in [2.75, 3.05) is 19.6 Å². The molecule has 0 N–H and O–H groups in total. The van der Waals surface area contributed by atoms with Crippen molar-refractivity contribution in [3.05, 3.63) is 64.2 Å². The van der Waals surface area contributed by atoms with Gasteiger partial charge in [-0.2, -0.15) is 13.2 Å². The van der Waals surface area contributed by atoms with Gasteiger partial charge < -0.3 is 9.80 Å². The van der Waals surface area contributed by atoms with Crippen LogP contribution in [0.4, 0.5) is 13.2 Å². The predicted molar refractivity (Wildman–Crippen MR) is 126 cm³/mol. The number of halogens is 3. The lowest BCUT2D eigenvalue weighted by atomic mass is 10.0. The van der Waals surface area contributed by atoms with Crippen molar-refractivity contribution in [3.8, 4) is 0 Å². The minimum atomic E-state index is -4.53. The molecule has 0 bridgehead atoms. The summed E-state index contributed by atoms with van der Waals surface area (Å²) in [4.78, 5) is 34.4. The number of fused-ring (bicyclic) bond motifs is 1. The maximum absolute atomic E-state index is 13.5. The quantitative estimate of drug-likeness (QED) is 0.457. The normalized spacial score (nSPS) is 15.0. The molecule has 180 valence electrons. The van der Waals surface area contributed by atoms with E-state index >= 15 is 0 Å². The van der Waals surface area contributed by atoms with Crippen LogP contribution in [0.5, 0.6) is 0 Å². The van der Waals surface area contributed by atoms with Crippen LogP contribution in [0.3, 0.4) is 0 Å². The number of thiophene rings is 1. The van der Waals surface area contributed by atoms with Crippen molar-refractivity contribution < 1.29 is 22.8 Å². The van der Waals surface area contributed by atoms with Crippen molar-refractivity contribution in [3.63, 3.8) is 0 Å². The number of amides is 2. The number of carbonyl (C=O) groups excluding carboxylic acids is 2. The number of benzene rings is 1. The van der Waals surface area contributed by atoms with Gasteiger partial charge in [-0.05, 0) is 56.0 Å². The van der Waals surface area contributed by atoms with E-state index in [2.05, 4.69) is 4.98 Å². The number of nitrogens with zero attached hydrogens (tertiary/aromatic N) is 3. The number of rotatable bonds is 5. The minimum Gasteiger partial charge on any atom is -0.338 e. The summed E-state index contributed by atoms with van der Waals surface area (Å²) in [5, 5.41) is 0.570. The molecule has 0 unspecified atom stereocenters. The van der Waals surface area contributed by atoms with Gasteiger partial charge in [-0.15, -0.1) is 11.3 Å². The van der Waals surface area contributed by atoms with Crippen LogP contribution in [0.2, 0.25) is 0 Å². The van der Waals surface area contributed by atoms with Crippen LogP contribution >= 0.6 is 11.3 Å². The molecule has 1 fully saturated rings. The van der Waals surface area contributed by atoms with Gasteiger partial charge in [0.1, 0.15) is 10.5 Å². The first kappa shape index (κ1) is 24.2. The molecule has 1 aliphatic heterocycles. The highest BCUT2D eigenvalue weighted by atomic mass is 32.1. The molecule has 1 aromatic carbocycles. The molecule has 3 aromatic rings. The molecule has 0 spiro atoms. The van der Waals surface area contributed by atoms with Crippen molar-refractivity contribution in [2.24, 2.45) is 0 Å². The van der Waals surface area contributed by atoms with E-state index in [9.17, 15) is 22.8 Å². The van der Waals surface area contributed by atoms with E-state index in [-0.39, 0.29) is 22.7 Å². The number of piperidine rings is 1. The van der Waals surface area contributed by atoms with E-state index in [0.29, 0.717) is 53.9 Å². The number of pyridine rings is 1. The zero-order valence-electron chi connectivity index (χ0n) is 19.1. The lowest BCUT2D eigenvalue weighted by Gasteiger charge is -2.38. The second kappa shape index (κ2) is 9.74. The maximum atomic E-state index is 13.5. The Bertz CT molecular complexity index is 1190. The number of hydrogen-bond donors (Lipinski definition) is 0. The van der Waals surface area contributed by atoms with Gasteiger partial charge in [0.25, 0.3) is 11.8 Å². The van der Waals surface area contributed by atoms with Crippen molar-refractivity contribution in [2.45, 2.75) is 45.3 Å². The fraction of sp³-hybridized carbons (Fsp3) is 0.400. The summed E-state index contributed by atoms with van der Waals surface area (Å²) in [6.07, 6.45) is -2.46. The fourth-order valence-corrected chi connectivity index (χ4v) is 5.56. The molecule has 2 amide bonds. The van der Waals surface area contributed by atoms with E-state index < -0.39 is 11.9 Å². The molecular formula is C25H26F3N3O2S. The van der Waals surface area contributed by atoms with E-state index in [1.165, 1.54) is 6.07 Å². The molecule has 1 saturated heterocycles. The van der Waals surface area contributed by atoms with Gasteiger partial charge in [-0.1, -0.05) is 25.1 Å². The molecule has 5 nitrogen and oxygen atoms in total. The molecular weight excluding hydrogens is 463 g/mol. The molecule has 0 aliphatic carbocycles. The average molecular weight is 490 g/mol. The first-order valence-electron chi connectivity index (χ1n) is 11.3. The highest BCUT2D eigenvalue weighted by Crippen LogP contribution is 2.35. The van der Waals surface area contributed by atoms with E-state index in [1.54, 1.807) is 19.1 Å². The van der Waals surface area contributed by atoms with Crippen LogP contribution in [0.1, 0.15) is 57.5 Å². The molecule has 2 aromatic heterocycles. The Labute approximate surface area is 200 Å². The van der Waals surface area contributed by atoms with Crippen molar-refractivity contribution >= 4 is 33.4 Å². The second-order valence-electron chi connectivity index (χ2n) is 8.49. The zero-order chi connectivity index (χ0) is 24.5. The number of hydrogen-bond acceptors (Lipinski definition) is 4. The predicted octanol–water partition coefficient (Wildman–Crippen LogP) is 5.78. The molecule has 34 heavy (non-hydrogen) atoms. The number of carbonyl (C=O) groups is 2. The van der Waals surface area contributed by atoms with Crippen molar-refractivity contribution in [1.82, 2.24) is 14.8 Å². The van der Waals surface area contributed by atoms with Crippen molar-refractivity contribution in [1.29, 1.82) is 0 Å². The topological polar surface area (TPSA) is 53.5 Å². The molecule has 0 atom stereocenters. The summed E-state index contributed by atoms with van der Waals surface area (Å²) < 4.78 is 39.3. The third-order valence-corrected chi connectivity index (χ3v) is 7.42. The third-order valence-electron chi connectivity index (χ3n) is 6.23. The van der Waals surface area contributed by atoms with Crippen LogP contribution in [-0.4, -0.2) is 52.3 Å². The minimum absolute atomic E-state index is 0.0145. The number of aryl methyl sites for hydroxylation is 1. The Hall–Kier alpha value is -2.94. The number of aromatic nitrogens is 1. The average Bonchev–Trinajstić information content (AvgIpc) is 3.17. The second-order valence-corrected chi connectivity index (χ2v) is 9.49. The van der Waals surface area contributed by atoms with Gasteiger partial charge in [-0.25, -0.2) is 4.98 Å². The van der Waals surface area contributed by atoms with Gasteiger partial charge in [0.05, 0.1) is 4.88 Å². The molecule has 1 aliphatic rings. The van der Waals surface area contributed by atoms with Crippen LogP contribution in [-0.2, 0) is 6.18 Å². The standard InChI is InChI=1S/C25H26F3N3O2S/c1-3-13-31(18-11-14-30(15-12-18)23(32)17-7-5-4-6-8-17)24(33)21-16(2)19-9-10-20(25(26,27)28)29-22(19)34-21/h4-10,18H,3,11-15H2,1-2H3. The highest BCUT2D eigenvalue weighted by molar-refractivity contribution is 7.20. The van der Waals surface area contributed by atoms with E-state index in [1.807, 2.05) is 34.9 Å². The molecule has 9 heteroatoms. The largest absolute Gasteiger partial charge is 0.433 e. The highest BCUT2D eigenvalue weighted by Gasteiger charge is 2.34. The van der Waals surface area contributed by atoms with Gasteiger partial charge in [0.2, 0.25) is 0 Å². The van der Waals surface area contributed by atoms with Gasteiger partial charge in [-0.3, -0.25) is 9.59 Å². The molecule has 0 saturated carbocycles. The van der Waals surface area contributed by atoms with E-state index in [0.717, 1.165) is 23.8 Å². The Morgan fingerprint density at radius 3 is 2.41 bits per heavy atom. The Morgan fingerprint density at radius 2 is 1.79 bits per heavy atom.